The Morgan fingerprint density at radius 1 is 1.03 bits per heavy atom. The molecule has 0 bridgehead atoms. The molecule has 0 atom stereocenters. The van der Waals surface area contributed by atoms with Crippen molar-refractivity contribution in [1.82, 2.24) is 14.5 Å². The summed E-state index contributed by atoms with van der Waals surface area (Å²) in [4.78, 5) is 19.3. The summed E-state index contributed by atoms with van der Waals surface area (Å²) >= 11 is 0. The van der Waals surface area contributed by atoms with Gasteiger partial charge in [-0.05, 0) is 49.4 Å². The van der Waals surface area contributed by atoms with Crippen LogP contribution in [0.25, 0.3) is 0 Å². The highest BCUT2D eigenvalue weighted by Gasteiger charge is 2.26. The molecule has 0 fully saturated rings. The van der Waals surface area contributed by atoms with Crippen molar-refractivity contribution in [3.05, 3.63) is 82.7 Å². The molecule has 6 nitrogen and oxygen atoms in total. The van der Waals surface area contributed by atoms with Gasteiger partial charge in [-0.2, -0.15) is 0 Å². The Bertz CT molecular complexity index is 1230. The van der Waals surface area contributed by atoms with Gasteiger partial charge in [0.05, 0.1) is 24.2 Å². The SMILES string of the molecule is CCN(Cc1cnc(S(=O)(=O)Cc2ccccc2C)n1CC(C)C)C(=O)c1ccccc1C. The van der Waals surface area contributed by atoms with Gasteiger partial charge in [0.15, 0.2) is 0 Å². The minimum Gasteiger partial charge on any atom is -0.333 e. The predicted molar refractivity (Wildman–Crippen MR) is 131 cm³/mol. The first-order valence-corrected chi connectivity index (χ1v) is 13.0. The van der Waals surface area contributed by atoms with E-state index in [0.29, 0.717) is 25.2 Å². The van der Waals surface area contributed by atoms with Crippen LogP contribution in [0.1, 0.15) is 53.5 Å². The van der Waals surface area contributed by atoms with E-state index in [1.54, 1.807) is 15.7 Å². The zero-order chi connectivity index (χ0) is 24.2. The zero-order valence-corrected chi connectivity index (χ0v) is 20.9. The number of rotatable bonds is 9. The fraction of sp³-hybridized carbons (Fsp3) is 0.385. The number of aryl methyl sites for hydroxylation is 2. The molecule has 7 heteroatoms. The molecule has 0 saturated carbocycles. The number of amides is 1. The summed E-state index contributed by atoms with van der Waals surface area (Å²) in [7, 11) is -3.66. The van der Waals surface area contributed by atoms with E-state index in [1.807, 2.05) is 83.1 Å². The van der Waals surface area contributed by atoms with E-state index >= 15 is 0 Å². The van der Waals surface area contributed by atoms with Crippen molar-refractivity contribution >= 4 is 15.7 Å². The number of carbonyl (C=O) groups is 1. The van der Waals surface area contributed by atoms with Gasteiger partial charge in [-0.3, -0.25) is 4.79 Å². The lowest BCUT2D eigenvalue weighted by Crippen LogP contribution is -2.32. The van der Waals surface area contributed by atoms with E-state index in [1.165, 1.54) is 0 Å². The number of carbonyl (C=O) groups excluding carboxylic acids is 1. The van der Waals surface area contributed by atoms with Crippen LogP contribution in [0.15, 0.2) is 59.9 Å². The summed E-state index contributed by atoms with van der Waals surface area (Å²) in [6, 6.07) is 15.0. The van der Waals surface area contributed by atoms with E-state index in [4.69, 9.17) is 0 Å². The number of aromatic nitrogens is 2. The first-order chi connectivity index (χ1) is 15.6. The Morgan fingerprint density at radius 2 is 1.67 bits per heavy atom. The summed E-state index contributed by atoms with van der Waals surface area (Å²) in [6.45, 7) is 11.1. The topological polar surface area (TPSA) is 72.3 Å². The van der Waals surface area contributed by atoms with Gasteiger partial charge < -0.3 is 9.47 Å². The minimum atomic E-state index is -3.66. The molecule has 33 heavy (non-hydrogen) atoms. The second kappa shape index (κ2) is 10.3. The van der Waals surface area contributed by atoms with Gasteiger partial charge in [-0.1, -0.05) is 56.3 Å². The molecule has 176 valence electrons. The maximum atomic E-state index is 13.4. The highest BCUT2D eigenvalue weighted by molar-refractivity contribution is 7.90. The Labute approximate surface area is 197 Å². The summed E-state index contributed by atoms with van der Waals surface area (Å²) in [6.07, 6.45) is 1.60. The molecule has 0 spiro atoms. The molecule has 0 radical (unpaired) electrons. The van der Waals surface area contributed by atoms with Gasteiger partial charge in [0, 0.05) is 18.7 Å². The predicted octanol–water partition coefficient (Wildman–Crippen LogP) is 4.79. The Kier molecular flexibility index (Phi) is 7.74. The molecule has 1 amide bonds. The van der Waals surface area contributed by atoms with Crippen LogP contribution < -0.4 is 0 Å². The van der Waals surface area contributed by atoms with Crippen molar-refractivity contribution in [3.8, 4) is 0 Å². The van der Waals surface area contributed by atoms with Crippen molar-refractivity contribution in [3.63, 3.8) is 0 Å². The first kappa shape index (κ1) is 24.7. The maximum absolute atomic E-state index is 13.4. The molecule has 2 aromatic carbocycles. The third-order valence-corrected chi connectivity index (χ3v) is 7.30. The molecule has 0 N–H and O–H groups in total. The number of hydrogen-bond donors (Lipinski definition) is 0. The third kappa shape index (κ3) is 5.71. The summed E-state index contributed by atoms with van der Waals surface area (Å²) < 4.78 is 28.5. The number of nitrogens with zero attached hydrogens (tertiary/aromatic N) is 3. The van der Waals surface area contributed by atoms with E-state index in [0.717, 1.165) is 22.4 Å². The molecule has 0 aliphatic rings. The van der Waals surface area contributed by atoms with Crippen LogP contribution >= 0.6 is 0 Å². The van der Waals surface area contributed by atoms with Crippen molar-refractivity contribution in [1.29, 1.82) is 0 Å². The van der Waals surface area contributed by atoms with E-state index in [9.17, 15) is 13.2 Å². The number of hydrogen-bond acceptors (Lipinski definition) is 4. The van der Waals surface area contributed by atoms with E-state index in [-0.39, 0.29) is 22.7 Å². The van der Waals surface area contributed by atoms with Gasteiger partial charge in [-0.25, -0.2) is 13.4 Å². The van der Waals surface area contributed by atoms with Gasteiger partial charge >= 0.3 is 0 Å². The van der Waals surface area contributed by atoms with Crippen LogP contribution in [0.2, 0.25) is 0 Å². The Hall–Kier alpha value is -2.93. The van der Waals surface area contributed by atoms with Gasteiger partial charge in [0.25, 0.3) is 5.91 Å². The van der Waals surface area contributed by atoms with Crippen LogP contribution in [0.5, 0.6) is 0 Å². The lowest BCUT2D eigenvalue weighted by Gasteiger charge is -2.23. The summed E-state index contributed by atoms with van der Waals surface area (Å²) in [5, 5.41) is 0.0637. The molecule has 1 heterocycles. The highest BCUT2D eigenvalue weighted by atomic mass is 32.2. The second-order valence-corrected chi connectivity index (χ2v) is 10.7. The number of benzene rings is 2. The minimum absolute atomic E-state index is 0.0637. The first-order valence-electron chi connectivity index (χ1n) is 11.3. The fourth-order valence-corrected chi connectivity index (χ4v) is 5.48. The van der Waals surface area contributed by atoms with Gasteiger partial charge in [0.2, 0.25) is 15.0 Å². The molecule has 0 aliphatic heterocycles. The molecule has 0 aliphatic carbocycles. The summed E-state index contributed by atoms with van der Waals surface area (Å²) in [5.74, 6) is 0.0399. The number of sulfone groups is 1. The Balaban J connectivity index is 1.95. The molecular weight excluding hydrogens is 434 g/mol. The van der Waals surface area contributed by atoms with E-state index < -0.39 is 9.84 Å². The van der Waals surface area contributed by atoms with Crippen LogP contribution in [-0.2, 0) is 28.7 Å². The third-order valence-electron chi connectivity index (χ3n) is 5.73. The second-order valence-electron chi connectivity index (χ2n) is 8.86. The maximum Gasteiger partial charge on any atom is 0.254 e. The van der Waals surface area contributed by atoms with Gasteiger partial charge in [-0.15, -0.1) is 0 Å². The fourth-order valence-electron chi connectivity index (χ4n) is 3.87. The quantitative estimate of drug-likeness (QED) is 0.453. The summed E-state index contributed by atoms with van der Waals surface area (Å²) in [5.41, 5.74) is 3.99. The normalized spacial score (nSPS) is 11.7. The van der Waals surface area contributed by atoms with Crippen molar-refractivity contribution < 1.29 is 13.2 Å². The average molecular weight is 468 g/mol. The number of imidazole rings is 1. The molecule has 3 rings (SSSR count). The smallest absolute Gasteiger partial charge is 0.254 e. The lowest BCUT2D eigenvalue weighted by atomic mass is 10.1. The standard InChI is InChI=1S/C26H33N3O3S/c1-6-28(25(30)24-14-10-8-12-21(24)5)17-23-15-27-26(29(23)16-19(2)3)33(31,32)18-22-13-9-7-11-20(22)4/h7-15,19H,6,16-18H2,1-5H3. The molecular formula is C26H33N3O3S. The Morgan fingerprint density at radius 3 is 2.27 bits per heavy atom. The molecule has 0 unspecified atom stereocenters. The largest absolute Gasteiger partial charge is 0.333 e. The lowest BCUT2D eigenvalue weighted by molar-refractivity contribution is 0.0747. The van der Waals surface area contributed by atoms with Crippen LogP contribution in [0, 0.1) is 19.8 Å². The molecule has 1 aromatic heterocycles. The van der Waals surface area contributed by atoms with E-state index in [2.05, 4.69) is 4.98 Å². The van der Waals surface area contributed by atoms with Crippen molar-refractivity contribution in [2.75, 3.05) is 6.54 Å². The highest BCUT2D eigenvalue weighted by Crippen LogP contribution is 2.22. The molecule has 3 aromatic rings. The zero-order valence-electron chi connectivity index (χ0n) is 20.1. The van der Waals surface area contributed by atoms with Crippen LogP contribution in [0.4, 0.5) is 0 Å². The van der Waals surface area contributed by atoms with Crippen molar-refractivity contribution in [2.45, 2.75) is 58.6 Å². The van der Waals surface area contributed by atoms with Crippen LogP contribution in [0.3, 0.4) is 0 Å². The van der Waals surface area contributed by atoms with Gasteiger partial charge in [0.1, 0.15) is 0 Å². The van der Waals surface area contributed by atoms with Crippen molar-refractivity contribution in [2.24, 2.45) is 5.92 Å². The monoisotopic (exact) mass is 467 g/mol. The molecule has 0 saturated heterocycles. The average Bonchev–Trinajstić information content (AvgIpc) is 3.16. The van der Waals surface area contributed by atoms with Crippen LogP contribution in [-0.4, -0.2) is 35.3 Å².